The summed E-state index contributed by atoms with van der Waals surface area (Å²) in [6.07, 6.45) is 5.18. The van der Waals surface area contributed by atoms with Crippen LogP contribution in [0, 0.1) is 0 Å². The Morgan fingerprint density at radius 3 is 3.00 bits per heavy atom. The maximum atomic E-state index is 12.2. The largest absolute Gasteiger partial charge is 0.369 e. The van der Waals surface area contributed by atoms with Crippen LogP contribution in [0.3, 0.4) is 0 Å². The molecule has 1 aliphatic carbocycles. The lowest BCUT2D eigenvalue weighted by Crippen LogP contribution is -2.37. The minimum Gasteiger partial charge on any atom is -0.369 e. The van der Waals surface area contributed by atoms with E-state index < -0.39 is 0 Å². The number of hydrogen-bond donors (Lipinski definition) is 1. The van der Waals surface area contributed by atoms with Gasteiger partial charge in [0.1, 0.15) is 5.84 Å². The molecule has 0 bridgehead atoms. The molecule has 3 rings (SSSR count). The van der Waals surface area contributed by atoms with E-state index in [4.69, 9.17) is 11.6 Å². The number of ketones is 1. The van der Waals surface area contributed by atoms with Crippen LogP contribution in [0.15, 0.2) is 29.3 Å². The van der Waals surface area contributed by atoms with Gasteiger partial charge in [-0.2, -0.15) is 0 Å². The molecule has 1 heterocycles. The molecule has 0 amide bonds. The summed E-state index contributed by atoms with van der Waals surface area (Å²) in [4.78, 5) is 16.8. The zero-order valence-corrected chi connectivity index (χ0v) is 11.5. The highest BCUT2D eigenvalue weighted by Crippen LogP contribution is 2.25. The fourth-order valence-corrected chi connectivity index (χ4v) is 3.09. The van der Waals surface area contributed by atoms with E-state index in [2.05, 4.69) is 10.3 Å². The quantitative estimate of drug-likeness (QED) is 0.861. The zero-order valence-electron chi connectivity index (χ0n) is 10.7. The number of aliphatic imine (C=N–C) groups is 1. The van der Waals surface area contributed by atoms with Crippen LogP contribution in [0.1, 0.15) is 42.5 Å². The number of carbonyl (C=O) groups is 1. The van der Waals surface area contributed by atoms with Crippen molar-refractivity contribution in [3.05, 3.63) is 34.9 Å². The van der Waals surface area contributed by atoms with E-state index in [1.54, 1.807) is 24.3 Å². The van der Waals surface area contributed by atoms with Gasteiger partial charge in [-0.15, -0.1) is 0 Å². The monoisotopic (exact) mass is 276 g/mol. The normalized spacial score (nSPS) is 25.4. The highest BCUT2D eigenvalue weighted by atomic mass is 35.5. The van der Waals surface area contributed by atoms with E-state index in [-0.39, 0.29) is 5.78 Å². The van der Waals surface area contributed by atoms with Crippen LogP contribution in [0.4, 0.5) is 0 Å². The maximum absolute atomic E-state index is 12.2. The maximum Gasteiger partial charge on any atom is 0.170 e. The number of hydrogen-bond acceptors (Lipinski definition) is 3. The fraction of sp³-hybridized carbons (Fsp3) is 0.467. The van der Waals surface area contributed by atoms with Crippen molar-refractivity contribution in [3.63, 3.8) is 0 Å². The van der Waals surface area contributed by atoms with Crippen molar-refractivity contribution in [1.29, 1.82) is 0 Å². The molecule has 4 heteroatoms. The number of rotatable bonds is 3. The van der Waals surface area contributed by atoms with Gasteiger partial charge in [0.25, 0.3) is 0 Å². The molecule has 19 heavy (non-hydrogen) atoms. The predicted octanol–water partition coefficient (Wildman–Crippen LogP) is 3.23. The van der Waals surface area contributed by atoms with Gasteiger partial charge in [0.2, 0.25) is 0 Å². The Kier molecular flexibility index (Phi) is 3.56. The lowest BCUT2D eigenvalue weighted by molar-refractivity contribution is 0.1000. The Balaban J connectivity index is 1.67. The van der Waals surface area contributed by atoms with Crippen LogP contribution in [0.2, 0.25) is 5.02 Å². The molecule has 0 aromatic heterocycles. The van der Waals surface area contributed by atoms with E-state index in [1.807, 2.05) is 0 Å². The van der Waals surface area contributed by atoms with Crippen LogP contribution in [-0.4, -0.2) is 23.7 Å². The van der Waals surface area contributed by atoms with Crippen molar-refractivity contribution in [2.24, 2.45) is 4.99 Å². The molecule has 1 aromatic rings. The first kappa shape index (κ1) is 12.7. The van der Waals surface area contributed by atoms with Crippen molar-refractivity contribution < 1.29 is 4.79 Å². The van der Waals surface area contributed by atoms with Gasteiger partial charge in [0.05, 0.1) is 12.5 Å². The van der Waals surface area contributed by atoms with E-state index in [9.17, 15) is 4.79 Å². The molecule has 2 aliphatic rings. The molecule has 0 unspecified atom stereocenters. The summed E-state index contributed by atoms with van der Waals surface area (Å²) >= 11 is 5.91. The van der Waals surface area contributed by atoms with Crippen LogP contribution in [0.25, 0.3) is 0 Å². The van der Waals surface area contributed by atoms with Gasteiger partial charge in [-0.3, -0.25) is 9.79 Å². The van der Waals surface area contributed by atoms with Crippen molar-refractivity contribution in [2.75, 3.05) is 0 Å². The Bertz CT molecular complexity index is 527. The number of Topliss-reactive ketones (excluding diaryl/α,β-unsaturated/α-hetero) is 1. The van der Waals surface area contributed by atoms with Crippen molar-refractivity contribution in [3.8, 4) is 0 Å². The molecule has 1 aromatic carbocycles. The number of fused-ring (bicyclic) bond motifs is 1. The summed E-state index contributed by atoms with van der Waals surface area (Å²) in [5.74, 6) is 0.925. The van der Waals surface area contributed by atoms with Crippen molar-refractivity contribution in [1.82, 2.24) is 5.32 Å². The Morgan fingerprint density at radius 2 is 2.21 bits per heavy atom. The SMILES string of the molecule is O=C(CC1=N[C@H]2CCCC[C@@H]2N1)c1cccc(Cl)c1. The molecular formula is C15H17ClN2O. The topological polar surface area (TPSA) is 41.5 Å². The first-order chi connectivity index (χ1) is 9.22. The predicted molar refractivity (Wildman–Crippen MR) is 77.0 cm³/mol. The fourth-order valence-electron chi connectivity index (χ4n) is 2.90. The number of benzene rings is 1. The van der Waals surface area contributed by atoms with Gasteiger partial charge < -0.3 is 5.32 Å². The number of nitrogens with one attached hydrogen (secondary N) is 1. The van der Waals surface area contributed by atoms with Gasteiger partial charge >= 0.3 is 0 Å². The molecule has 1 saturated carbocycles. The number of nitrogens with zero attached hydrogens (tertiary/aromatic N) is 1. The molecule has 1 fully saturated rings. The van der Waals surface area contributed by atoms with Gasteiger partial charge in [0.15, 0.2) is 5.78 Å². The summed E-state index contributed by atoms with van der Waals surface area (Å²) in [7, 11) is 0. The molecular weight excluding hydrogens is 260 g/mol. The van der Waals surface area contributed by atoms with Gasteiger partial charge in [-0.25, -0.2) is 0 Å². The third kappa shape index (κ3) is 2.81. The van der Waals surface area contributed by atoms with E-state index in [0.717, 1.165) is 12.3 Å². The van der Waals surface area contributed by atoms with E-state index in [0.29, 0.717) is 29.1 Å². The lowest BCUT2D eigenvalue weighted by atomic mass is 9.92. The summed E-state index contributed by atoms with van der Waals surface area (Å²) < 4.78 is 0. The first-order valence-electron chi connectivity index (χ1n) is 6.84. The number of halogens is 1. The van der Waals surface area contributed by atoms with Crippen LogP contribution >= 0.6 is 11.6 Å². The van der Waals surface area contributed by atoms with Gasteiger partial charge in [0, 0.05) is 16.6 Å². The smallest absolute Gasteiger partial charge is 0.170 e. The summed E-state index contributed by atoms with van der Waals surface area (Å²) in [5, 5.41) is 4.00. The van der Waals surface area contributed by atoms with E-state index >= 15 is 0 Å². The minimum absolute atomic E-state index is 0.0763. The summed E-state index contributed by atoms with van der Waals surface area (Å²) in [6, 6.07) is 7.94. The number of carbonyl (C=O) groups excluding carboxylic acids is 1. The zero-order chi connectivity index (χ0) is 13.2. The molecule has 3 nitrogen and oxygen atoms in total. The molecule has 0 radical (unpaired) electrons. The van der Waals surface area contributed by atoms with Crippen molar-refractivity contribution >= 4 is 23.2 Å². The molecule has 2 atom stereocenters. The molecule has 1 N–H and O–H groups in total. The standard InChI is InChI=1S/C15H17ClN2O/c16-11-5-3-4-10(8-11)14(19)9-15-17-12-6-1-2-7-13(12)18-15/h3-5,8,12-13H,1-2,6-7,9H2,(H,17,18)/t12-,13-/m0/s1. The van der Waals surface area contributed by atoms with E-state index in [1.165, 1.54) is 19.3 Å². The molecule has 100 valence electrons. The van der Waals surface area contributed by atoms with Crippen LogP contribution in [0.5, 0.6) is 0 Å². The minimum atomic E-state index is 0.0763. The highest BCUT2D eigenvalue weighted by molar-refractivity contribution is 6.31. The molecule has 1 aliphatic heterocycles. The Labute approximate surface area is 118 Å². The Hall–Kier alpha value is -1.35. The second-order valence-corrected chi connectivity index (χ2v) is 5.73. The van der Waals surface area contributed by atoms with Gasteiger partial charge in [-0.05, 0) is 25.0 Å². The second-order valence-electron chi connectivity index (χ2n) is 5.29. The average molecular weight is 277 g/mol. The molecule has 0 spiro atoms. The summed E-state index contributed by atoms with van der Waals surface area (Å²) in [5.41, 5.74) is 0.659. The van der Waals surface area contributed by atoms with Crippen LogP contribution in [-0.2, 0) is 0 Å². The average Bonchev–Trinajstić information content (AvgIpc) is 2.80. The Morgan fingerprint density at radius 1 is 1.37 bits per heavy atom. The third-order valence-electron chi connectivity index (χ3n) is 3.88. The lowest BCUT2D eigenvalue weighted by Gasteiger charge is -2.23. The highest BCUT2D eigenvalue weighted by Gasteiger charge is 2.31. The second kappa shape index (κ2) is 5.33. The summed E-state index contributed by atoms with van der Waals surface area (Å²) in [6.45, 7) is 0. The van der Waals surface area contributed by atoms with Crippen molar-refractivity contribution in [2.45, 2.75) is 44.2 Å². The van der Waals surface area contributed by atoms with Gasteiger partial charge in [-0.1, -0.05) is 36.6 Å². The number of amidine groups is 1. The molecule has 0 saturated heterocycles. The third-order valence-corrected chi connectivity index (χ3v) is 4.11. The first-order valence-corrected chi connectivity index (χ1v) is 7.22. The van der Waals surface area contributed by atoms with Crippen LogP contribution < -0.4 is 5.32 Å².